The summed E-state index contributed by atoms with van der Waals surface area (Å²) in [6, 6.07) is 6.53. The number of nitro benzene ring substituents is 1. The number of hydrogen-bond donors (Lipinski definition) is 2. The van der Waals surface area contributed by atoms with Gasteiger partial charge in [0.1, 0.15) is 5.54 Å². The van der Waals surface area contributed by atoms with E-state index < -0.39 is 16.4 Å². The van der Waals surface area contributed by atoms with Crippen LogP contribution in [-0.4, -0.2) is 28.2 Å². The maximum atomic E-state index is 11.6. The van der Waals surface area contributed by atoms with Crippen molar-refractivity contribution >= 4 is 23.4 Å². The summed E-state index contributed by atoms with van der Waals surface area (Å²) >= 11 is 1.25. The summed E-state index contributed by atoms with van der Waals surface area (Å²) < 4.78 is 0. The number of rotatable bonds is 7. The molecule has 6 nitrogen and oxygen atoms in total. The average Bonchev–Trinajstić information content (AvgIpc) is 2.35. The highest BCUT2D eigenvalue weighted by Crippen LogP contribution is 2.31. The SMILES string of the molecule is CC(C)NC(C)(CSc1ccccc1[N+](=O)[O-])C(N)=O. The minimum absolute atomic E-state index is 0.0360. The van der Waals surface area contributed by atoms with E-state index in [4.69, 9.17) is 5.73 Å². The molecule has 1 aromatic rings. The number of benzene rings is 1. The summed E-state index contributed by atoms with van der Waals surface area (Å²) in [5.74, 6) is -0.150. The molecule has 0 aliphatic carbocycles. The summed E-state index contributed by atoms with van der Waals surface area (Å²) in [5, 5.41) is 14.1. The summed E-state index contributed by atoms with van der Waals surface area (Å²) in [5.41, 5.74) is 4.55. The van der Waals surface area contributed by atoms with Crippen molar-refractivity contribution in [2.45, 2.75) is 37.2 Å². The molecule has 110 valence electrons. The number of carbonyl (C=O) groups is 1. The van der Waals surface area contributed by atoms with Crippen molar-refractivity contribution in [2.24, 2.45) is 5.73 Å². The Hall–Kier alpha value is -1.60. The van der Waals surface area contributed by atoms with E-state index in [0.29, 0.717) is 10.6 Å². The number of nitrogens with two attached hydrogens (primary N) is 1. The molecule has 1 atom stereocenters. The minimum atomic E-state index is -0.914. The zero-order chi connectivity index (χ0) is 15.3. The van der Waals surface area contributed by atoms with Gasteiger partial charge in [-0.1, -0.05) is 12.1 Å². The van der Waals surface area contributed by atoms with E-state index >= 15 is 0 Å². The van der Waals surface area contributed by atoms with Crippen molar-refractivity contribution in [3.63, 3.8) is 0 Å². The third-order valence-corrected chi connectivity index (χ3v) is 4.11. The van der Waals surface area contributed by atoms with Crippen LogP contribution in [0.25, 0.3) is 0 Å². The Morgan fingerprint density at radius 1 is 1.50 bits per heavy atom. The predicted molar refractivity (Wildman–Crippen MR) is 79.7 cm³/mol. The predicted octanol–water partition coefficient (Wildman–Crippen LogP) is 1.93. The molecule has 0 saturated carbocycles. The number of carbonyl (C=O) groups excluding carboxylic acids is 1. The highest BCUT2D eigenvalue weighted by Gasteiger charge is 2.32. The molecule has 0 saturated heterocycles. The van der Waals surface area contributed by atoms with Gasteiger partial charge in [0, 0.05) is 17.9 Å². The zero-order valence-electron chi connectivity index (χ0n) is 11.8. The van der Waals surface area contributed by atoms with E-state index in [-0.39, 0.29) is 11.7 Å². The first-order valence-electron chi connectivity index (χ1n) is 6.20. The molecule has 1 amide bonds. The number of primary amides is 1. The summed E-state index contributed by atoms with van der Waals surface area (Å²) in [4.78, 5) is 22.6. The number of amides is 1. The lowest BCUT2D eigenvalue weighted by Crippen LogP contribution is -2.57. The highest BCUT2D eigenvalue weighted by atomic mass is 32.2. The van der Waals surface area contributed by atoms with Crippen LogP contribution in [0.4, 0.5) is 5.69 Å². The van der Waals surface area contributed by atoms with E-state index in [9.17, 15) is 14.9 Å². The van der Waals surface area contributed by atoms with Gasteiger partial charge in [-0.15, -0.1) is 11.8 Å². The number of thioether (sulfide) groups is 1. The highest BCUT2D eigenvalue weighted by molar-refractivity contribution is 7.99. The standard InChI is InChI=1S/C13H19N3O3S/c1-9(2)15-13(3,12(14)17)8-20-11-7-5-4-6-10(11)16(18)19/h4-7,9,15H,8H2,1-3H3,(H2,14,17). The second kappa shape index (κ2) is 6.71. The Labute approximate surface area is 122 Å². The Bertz CT molecular complexity index is 507. The molecule has 0 bridgehead atoms. The third kappa shape index (κ3) is 4.21. The molecule has 0 fully saturated rings. The van der Waals surface area contributed by atoms with Crippen LogP contribution >= 0.6 is 11.8 Å². The summed E-state index contributed by atoms with van der Waals surface area (Å²) in [7, 11) is 0. The van der Waals surface area contributed by atoms with Gasteiger partial charge in [0.25, 0.3) is 5.69 Å². The van der Waals surface area contributed by atoms with Crippen LogP contribution in [-0.2, 0) is 4.79 Å². The van der Waals surface area contributed by atoms with Crippen LogP contribution in [0, 0.1) is 10.1 Å². The fraction of sp³-hybridized carbons (Fsp3) is 0.462. The van der Waals surface area contributed by atoms with Gasteiger partial charge in [-0.2, -0.15) is 0 Å². The van der Waals surface area contributed by atoms with Crippen LogP contribution in [0.15, 0.2) is 29.2 Å². The Morgan fingerprint density at radius 2 is 2.10 bits per heavy atom. The second-order valence-corrected chi connectivity index (χ2v) is 6.03. The Balaban J connectivity index is 2.88. The molecule has 20 heavy (non-hydrogen) atoms. The van der Waals surface area contributed by atoms with Crippen molar-refractivity contribution in [2.75, 3.05) is 5.75 Å². The maximum Gasteiger partial charge on any atom is 0.282 e. The van der Waals surface area contributed by atoms with E-state index in [1.807, 2.05) is 13.8 Å². The molecule has 0 aliphatic heterocycles. The molecule has 7 heteroatoms. The largest absolute Gasteiger partial charge is 0.368 e. The van der Waals surface area contributed by atoms with Gasteiger partial charge >= 0.3 is 0 Å². The first-order chi connectivity index (χ1) is 9.26. The van der Waals surface area contributed by atoms with Gasteiger partial charge in [-0.25, -0.2) is 0 Å². The molecule has 1 rings (SSSR count). The molecule has 0 aromatic heterocycles. The number of nitro groups is 1. The number of nitrogens with zero attached hydrogens (tertiary/aromatic N) is 1. The fourth-order valence-corrected chi connectivity index (χ4v) is 2.91. The first-order valence-corrected chi connectivity index (χ1v) is 7.18. The van der Waals surface area contributed by atoms with Crippen molar-refractivity contribution < 1.29 is 9.72 Å². The molecule has 1 aromatic carbocycles. The molecule has 1 unspecified atom stereocenters. The van der Waals surface area contributed by atoms with Crippen LogP contribution in [0.3, 0.4) is 0 Å². The quantitative estimate of drug-likeness (QED) is 0.455. The van der Waals surface area contributed by atoms with Crippen molar-refractivity contribution in [3.8, 4) is 0 Å². The lowest BCUT2D eigenvalue weighted by Gasteiger charge is -2.29. The molecule has 3 N–H and O–H groups in total. The van der Waals surface area contributed by atoms with Crippen molar-refractivity contribution in [1.82, 2.24) is 5.32 Å². The lowest BCUT2D eigenvalue weighted by molar-refractivity contribution is -0.387. The zero-order valence-corrected chi connectivity index (χ0v) is 12.6. The molecular weight excluding hydrogens is 278 g/mol. The van der Waals surface area contributed by atoms with Gasteiger partial charge < -0.3 is 11.1 Å². The van der Waals surface area contributed by atoms with E-state index in [0.717, 1.165) is 0 Å². The minimum Gasteiger partial charge on any atom is -0.368 e. The third-order valence-electron chi connectivity index (χ3n) is 2.73. The fourth-order valence-electron chi connectivity index (χ4n) is 1.77. The summed E-state index contributed by atoms with van der Waals surface area (Å²) in [6.07, 6.45) is 0. The Morgan fingerprint density at radius 3 is 2.60 bits per heavy atom. The van der Waals surface area contributed by atoms with Gasteiger partial charge in [0.2, 0.25) is 5.91 Å². The number of hydrogen-bond acceptors (Lipinski definition) is 5. The van der Waals surface area contributed by atoms with Crippen LogP contribution < -0.4 is 11.1 Å². The molecule has 0 radical (unpaired) electrons. The van der Waals surface area contributed by atoms with Crippen LogP contribution in [0.1, 0.15) is 20.8 Å². The molecule has 0 aliphatic rings. The lowest BCUT2D eigenvalue weighted by atomic mass is 10.0. The number of para-hydroxylation sites is 1. The van der Waals surface area contributed by atoms with Gasteiger partial charge in [0.15, 0.2) is 0 Å². The smallest absolute Gasteiger partial charge is 0.282 e. The van der Waals surface area contributed by atoms with Gasteiger partial charge in [-0.05, 0) is 26.8 Å². The maximum absolute atomic E-state index is 11.6. The first kappa shape index (κ1) is 16.5. The monoisotopic (exact) mass is 297 g/mol. The van der Waals surface area contributed by atoms with Gasteiger partial charge in [0.05, 0.1) is 9.82 Å². The van der Waals surface area contributed by atoms with Crippen LogP contribution in [0.5, 0.6) is 0 Å². The van der Waals surface area contributed by atoms with E-state index in [1.54, 1.807) is 25.1 Å². The second-order valence-electron chi connectivity index (χ2n) is 5.01. The van der Waals surface area contributed by atoms with E-state index in [2.05, 4.69) is 5.32 Å². The van der Waals surface area contributed by atoms with Gasteiger partial charge in [-0.3, -0.25) is 14.9 Å². The van der Waals surface area contributed by atoms with Crippen molar-refractivity contribution in [3.05, 3.63) is 34.4 Å². The van der Waals surface area contributed by atoms with Crippen molar-refractivity contribution in [1.29, 1.82) is 0 Å². The normalized spacial score (nSPS) is 14.0. The molecule has 0 heterocycles. The average molecular weight is 297 g/mol. The van der Waals surface area contributed by atoms with E-state index in [1.165, 1.54) is 17.8 Å². The molecular formula is C13H19N3O3S. The topological polar surface area (TPSA) is 98.3 Å². The molecule has 0 spiro atoms. The van der Waals surface area contributed by atoms with Crippen LogP contribution in [0.2, 0.25) is 0 Å². The number of nitrogens with one attached hydrogen (secondary N) is 1. The summed E-state index contributed by atoms with van der Waals surface area (Å²) in [6.45, 7) is 5.53. The Kier molecular flexibility index (Phi) is 5.52.